The van der Waals surface area contributed by atoms with E-state index in [1.54, 1.807) is 0 Å². The molecule has 0 aliphatic heterocycles. The Morgan fingerprint density at radius 2 is 1.09 bits per heavy atom. The van der Waals surface area contributed by atoms with Crippen LogP contribution in [0.15, 0.2) is 0 Å². The van der Waals surface area contributed by atoms with Gasteiger partial charge in [-0.1, -0.05) is 6.92 Å². The Morgan fingerprint density at radius 1 is 0.909 bits per heavy atom. The molecule has 0 unspecified atom stereocenters. The van der Waals surface area contributed by atoms with Crippen molar-refractivity contribution in [3.8, 4) is 0 Å². The summed E-state index contributed by atoms with van der Waals surface area (Å²) in [5.41, 5.74) is 0. The normalized spacial score (nSPS) is 13.1. The number of halogens is 2. The largest absolute Gasteiger partial charge is 0.344 e. The van der Waals surface area contributed by atoms with E-state index in [4.69, 9.17) is 23.2 Å². The fraction of sp³-hybridized carbons (Fsp3) is 1.00. The molecular formula is C8H19Cl2N. The lowest BCUT2D eigenvalue weighted by molar-refractivity contribution is 0.366. The van der Waals surface area contributed by atoms with Crippen molar-refractivity contribution in [2.45, 2.75) is 44.4 Å². The molecule has 0 aromatic heterocycles. The minimum atomic E-state index is -0.217. The molecule has 0 atom stereocenters. The lowest BCUT2D eigenvalue weighted by atomic mass is 9.86. The van der Waals surface area contributed by atoms with Gasteiger partial charge in [0.05, 0.1) is 0 Å². The van der Waals surface area contributed by atoms with Gasteiger partial charge >= 0.3 is 0 Å². The van der Waals surface area contributed by atoms with E-state index in [0.29, 0.717) is 5.92 Å². The van der Waals surface area contributed by atoms with E-state index in [0.717, 1.165) is 0 Å². The fourth-order valence-corrected chi connectivity index (χ4v) is 1.42. The van der Waals surface area contributed by atoms with E-state index in [2.05, 4.69) is 6.92 Å². The van der Waals surface area contributed by atoms with E-state index in [1.807, 2.05) is 27.7 Å². The molecule has 0 fully saturated rings. The van der Waals surface area contributed by atoms with Crippen molar-refractivity contribution in [2.24, 2.45) is 5.92 Å². The molecule has 11 heavy (non-hydrogen) atoms. The molecule has 0 aromatic carbocycles. The Morgan fingerprint density at radius 3 is 1.09 bits per heavy atom. The van der Waals surface area contributed by atoms with Crippen molar-refractivity contribution < 1.29 is 0 Å². The van der Waals surface area contributed by atoms with Gasteiger partial charge in [-0.25, -0.2) is 0 Å². The zero-order valence-electron chi connectivity index (χ0n) is 8.04. The van der Waals surface area contributed by atoms with Crippen LogP contribution >= 0.6 is 23.2 Å². The summed E-state index contributed by atoms with van der Waals surface area (Å²) in [6.45, 7) is 10.0. The van der Waals surface area contributed by atoms with Crippen molar-refractivity contribution in [1.29, 1.82) is 0 Å². The Bertz CT molecular complexity index is 96.2. The zero-order chi connectivity index (χ0) is 8.58. The van der Waals surface area contributed by atoms with Gasteiger partial charge in [-0.2, -0.15) is 0 Å². The van der Waals surface area contributed by atoms with Crippen LogP contribution in [-0.4, -0.2) is 9.75 Å². The van der Waals surface area contributed by atoms with E-state index in [-0.39, 0.29) is 15.9 Å². The minimum absolute atomic E-state index is 0. The van der Waals surface area contributed by atoms with Gasteiger partial charge in [0.1, 0.15) is 0 Å². The van der Waals surface area contributed by atoms with Crippen LogP contribution in [0, 0.1) is 5.92 Å². The maximum absolute atomic E-state index is 6.08. The predicted molar refractivity (Wildman–Crippen MR) is 54.1 cm³/mol. The molecule has 70 valence electrons. The fourth-order valence-electron chi connectivity index (χ4n) is 0.816. The molecule has 0 saturated heterocycles. The average molecular weight is 200 g/mol. The van der Waals surface area contributed by atoms with E-state index < -0.39 is 0 Å². The lowest BCUT2D eigenvalue weighted by Crippen LogP contribution is -2.35. The SMILES string of the molecule is CC(C(C)(C)Cl)C(C)(C)Cl.N. The quantitative estimate of drug-likeness (QED) is 0.675. The highest BCUT2D eigenvalue weighted by atomic mass is 35.5. The molecular weight excluding hydrogens is 181 g/mol. The number of hydrogen-bond donors (Lipinski definition) is 1. The van der Waals surface area contributed by atoms with Gasteiger partial charge in [-0.05, 0) is 33.6 Å². The molecule has 0 rings (SSSR count). The third-order valence-electron chi connectivity index (χ3n) is 2.06. The summed E-state index contributed by atoms with van der Waals surface area (Å²) in [5, 5.41) is 0. The predicted octanol–water partition coefficient (Wildman–Crippen LogP) is 3.82. The van der Waals surface area contributed by atoms with Gasteiger partial charge in [0.25, 0.3) is 0 Å². The Kier molecular flexibility index (Phi) is 5.09. The third-order valence-corrected chi connectivity index (χ3v) is 2.71. The number of hydrogen-bond acceptors (Lipinski definition) is 1. The Labute approximate surface area is 80.0 Å². The van der Waals surface area contributed by atoms with E-state index >= 15 is 0 Å². The van der Waals surface area contributed by atoms with Crippen LogP contribution in [0.25, 0.3) is 0 Å². The minimum Gasteiger partial charge on any atom is -0.344 e. The molecule has 0 aliphatic carbocycles. The summed E-state index contributed by atoms with van der Waals surface area (Å²) in [6, 6.07) is 0. The van der Waals surface area contributed by atoms with Crippen molar-refractivity contribution >= 4 is 23.2 Å². The third kappa shape index (κ3) is 4.89. The van der Waals surface area contributed by atoms with Crippen LogP contribution in [0.5, 0.6) is 0 Å². The van der Waals surface area contributed by atoms with Crippen molar-refractivity contribution in [3.63, 3.8) is 0 Å². The smallest absolute Gasteiger partial charge is 0.0432 e. The van der Waals surface area contributed by atoms with E-state index in [1.165, 1.54) is 0 Å². The van der Waals surface area contributed by atoms with Gasteiger partial charge in [0.2, 0.25) is 0 Å². The Hall–Kier alpha value is 0.540. The summed E-state index contributed by atoms with van der Waals surface area (Å²) >= 11 is 12.2. The molecule has 0 aromatic rings. The monoisotopic (exact) mass is 199 g/mol. The molecule has 3 N–H and O–H groups in total. The molecule has 0 amide bonds. The molecule has 1 nitrogen and oxygen atoms in total. The maximum Gasteiger partial charge on any atom is 0.0432 e. The standard InChI is InChI=1S/C8H16Cl2.H3N/c1-6(7(2,3)9)8(4,5)10;/h6H,1-5H3;1H3. The summed E-state index contributed by atoms with van der Waals surface area (Å²) in [6.07, 6.45) is 0. The molecule has 0 aliphatic rings. The van der Waals surface area contributed by atoms with Gasteiger partial charge in [0, 0.05) is 9.75 Å². The molecule has 0 saturated carbocycles. The van der Waals surface area contributed by atoms with Crippen molar-refractivity contribution in [2.75, 3.05) is 0 Å². The molecule has 0 spiro atoms. The first-order valence-corrected chi connectivity index (χ1v) is 4.29. The van der Waals surface area contributed by atoms with Gasteiger partial charge in [-0.3, -0.25) is 0 Å². The van der Waals surface area contributed by atoms with Gasteiger partial charge in [0.15, 0.2) is 0 Å². The second kappa shape index (κ2) is 3.97. The Balaban J connectivity index is 0. The lowest BCUT2D eigenvalue weighted by Gasteiger charge is -2.34. The average Bonchev–Trinajstić information content (AvgIpc) is 1.59. The number of alkyl halides is 2. The van der Waals surface area contributed by atoms with Gasteiger partial charge in [-0.15, -0.1) is 23.2 Å². The highest BCUT2D eigenvalue weighted by Crippen LogP contribution is 2.36. The molecule has 0 heterocycles. The summed E-state index contributed by atoms with van der Waals surface area (Å²) in [7, 11) is 0. The van der Waals surface area contributed by atoms with Crippen LogP contribution in [0.2, 0.25) is 0 Å². The second-order valence-corrected chi connectivity index (χ2v) is 5.80. The maximum atomic E-state index is 6.08. The summed E-state index contributed by atoms with van der Waals surface area (Å²) in [4.78, 5) is -0.434. The first-order valence-electron chi connectivity index (χ1n) is 3.53. The van der Waals surface area contributed by atoms with Crippen LogP contribution < -0.4 is 6.15 Å². The first kappa shape index (κ1) is 14.1. The first-order chi connectivity index (χ1) is 4.15. The zero-order valence-corrected chi connectivity index (χ0v) is 9.55. The van der Waals surface area contributed by atoms with E-state index in [9.17, 15) is 0 Å². The van der Waals surface area contributed by atoms with Gasteiger partial charge < -0.3 is 6.15 Å². The highest BCUT2D eigenvalue weighted by molar-refractivity contribution is 6.27. The highest BCUT2D eigenvalue weighted by Gasteiger charge is 2.34. The number of rotatable bonds is 2. The summed E-state index contributed by atoms with van der Waals surface area (Å²) < 4.78 is 0. The van der Waals surface area contributed by atoms with Crippen molar-refractivity contribution in [3.05, 3.63) is 0 Å². The van der Waals surface area contributed by atoms with Crippen LogP contribution in [0.3, 0.4) is 0 Å². The molecule has 0 radical (unpaired) electrons. The van der Waals surface area contributed by atoms with Crippen molar-refractivity contribution in [1.82, 2.24) is 6.15 Å². The molecule has 0 bridgehead atoms. The summed E-state index contributed by atoms with van der Waals surface area (Å²) in [5.74, 6) is 0.295. The topological polar surface area (TPSA) is 35.0 Å². The van der Waals surface area contributed by atoms with Crippen LogP contribution in [-0.2, 0) is 0 Å². The molecule has 3 heteroatoms. The second-order valence-electron chi connectivity index (χ2n) is 3.85. The van der Waals surface area contributed by atoms with Crippen LogP contribution in [0.1, 0.15) is 34.6 Å². The van der Waals surface area contributed by atoms with Crippen LogP contribution in [0.4, 0.5) is 0 Å².